The first-order chi connectivity index (χ1) is 9.16. The van der Waals surface area contributed by atoms with Gasteiger partial charge in [-0.05, 0) is 57.1 Å². The van der Waals surface area contributed by atoms with Crippen LogP contribution >= 0.6 is 0 Å². The predicted molar refractivity (Wildman–Crippen MR) is 73.0 cm³/mol. The molecule has 1 N–H and O–H groups in total. The third-order valence-corrected chi connectivity index (χ3v) is 3.89. The van der Waals surface area contributed by atoms with Gasteiger partial charge in [-0.1, -0.05) is 12.5 Å². The van der Waals surface area contributed by atoms with E-state index >= 15 is 0 Å². The molecule has 0 amide bonds. The number of rotatable bonds is 5. The molecule has 1 heterocycles. The number of hydrogen-bond acceptors (Lipinski definition) is 2. The molecule has 19 heavy (non-hydrogen) atoms. The number of piperidine rings is 1. The Balaban J connectivity index is 1.70. The van der Waals surface area contributed by atoms with Crippen LogP contribution in [0.3, 0.4) is 0 Å². The minimum atomic E-state index is -0.785. The summed E-state index contributed by atoms with van der Waals surface area (Å²) in [7, 11) is 2.18. The van der Waals surface area contributed by atoms with Gasteiger partial charge in [-0.15, -0.1) is 0 Å². The van der Waals surface area contributed by atoms with Crippen LogP contribution in [-0.2, 0) is 6.54 Å². The van der Waals surface area contributed by atoms with E-state index in [2.05, 4.69) is 17.3 Å². The van der Waals surface area contributed by atoms with E-state index in [1.807, 2.05) is 0 Å². The highest BCUT2D eigenvalue weighted by molar-refractivity contribution is 5.17. The van der Waals surface area contributed by atoms with Crippen molar-refractivity contribution in [3.63, 3.8) is 0 Å². The second kappa shape index (κ2) is 6.96. The molecule has 1 unspecified atom stereocenters. The predicted octanol–water partition coefficient (Wildman–Crippen LogP) is 2.93. The lowest BCUT2D eigenvalue weighted by Gasteiger charge is -2.32. The first kappa shape index (κ1) is 14.4. The molecule has 1 saturated heterocycles. The number of likely N-dealkylation sites (tertiary alicyclic amines) is 1. The summed E-state index contributed by atoms with van der Waals surface area (Å²) in [6.07, 6.45) is 5.00. The molecule has 0 spiro atoms. The van der Waals surface area contributed by atoms with E-state index in [0.717, 1.165) is 18.5 Å². The van der Waals surface area contributed by atoms with Crippen LogP contribution in [-0.4, -0.2) is 31.1 Å². The second-order valence-electron chi connectivity index (χ2n) is 5.34. The number of halogens is 2. The summed E-state index contributed by atoms with van der Waals surface area (Å²) in [5.41, 5.74) is 0.788. The highest BCUT2D eigenvalue weighted by atomic mass is 19.2. The molecule has 0 radical (unpaired) electrons. The van der Waals surface area contributed by atoms with E-state index in [4.69, 9.17) is 0 Å². The maximum atomic E-state index is 13.0. The van der Waals surface area contributed by atoms with Crippen LogP contribution in [0.1, 0.15) is 31.2 Å². The van der Waals surface area contributed by atoms with Crippen LogP contribution in [0.2, 0.25) is 0 Å². The van der Waals surface area contributed by atoms with Crippen molar-refractivity contribution in [3.8, 4) is 0 Å². The quantitative estimate of drug-likeness (QED) is 0.826. The number of nitrogens with zero attached hydrogens (tertiary/aromatic N) is 1. The summed E-state index contributed by atoms with van der Waals surface area (Å²) in [5, 5.41) is 3.30. The topological polar surface area (TPSA) is 15.3 Å². The van der Waals surface area contributed by atoms with Crippen molar-refractivity contribution in [2.24, 2.45) is 0 Å². The van der Waals surface area contributed by atoms with Gasteiger partial charge in [0.15, 0.2) is 11.6 Å². The molecule has 1 aliphatic heterocycles. The maximum Gasteiger partial charge on any atom is 0.159 e. The average molecular weight is 268 g/mol. The summed E-state index contributed by atoms with van der Waals surface area (Å²) in [5.74, 6) is -1.56. The Morgan fingerprint density at radius 1 is 1.26 bits per heavy atom. The van der Waals surface area contributed by atoms with Crippen LogP contribution in [0.4, 0.5) is 8.78 Å². The summed E-state index contributed by atoms with van der Waals surface area (Å²) in [6.45, 7) is 2.69. The van der Waals surface area contributed by atoms with Crippen molar-refractivity contribution in [2.45, 2.75) is 38.3 Å². The Hall–Kier alpha value is -1.00. The molecule has 1 aliphatic rings. The fourth-order valence-electron chi connectivity index (χ4n) is 2.66. The second-order valence-corrected chi connectivity index (χ2v) is 5.34. The van der Waals surface area contributed by atoms with Gasteiger partial charge in [0.05, 0.1) is 0 Å². The van der Waals surface area contributed by atoms with Crippen LogP contribution in [0.5, 0.6) is 0 Å². The fraction of sp³-hybridized carbons (Fsp3) is 0.600. The highest BCUT2D eigenvalue weighted by Gasteiger charge is 2.17. The molecule has 4 heteroatoms. The van der Waals surface area contributed by atoms with E-state index in [-0.39, 0.29) is 0 Å². The fourth-order valence-corrected chi connectivity index (χ4v) is 2.66. The Morgan fingerprint density at radius 2 is 2.11 bits per heavy atom. The minimum Gasteiger partial charge on any atom is -0.313 e. The van der Waals surface area contributed by atoms with E-state index < -0.39 is 11.6 Å². The van der Waals surface area contributed by atoms with Gasteiger partial charge in [0, 0.05) is 12.6 Å². The lowest BCUT2D eigenvalue weighted by atomic mass is 10.0. The summed E-state index contributed by atoms with van der Waals surface area (Å²) < 4.78 is 25.8. The molecule has 106 valence electrons. The van der Waals surface area contributed by atoms with Gasteiger partial charge in [-0.3, -0.25) is 0 Å². The number of nitrogens with one attached hydrogen (secondary N) is 1. The highest BCUT2D eigenvalue weighted by Crippen LogP contribution is 2.17. The lowest BCUT2D eigenvalue weighted by Crippen LogP contribution is -2.38. The van der Waals surface area contributed by atoms with Crippen LogP contribution < -0.4 is 5.32 Å². The molecule has 1 atom stereocenters. The van der Waals surface area contributed by atoms with Crippen molar-refractivity contribution in [1.29, 1.82) is 0 Å². The number of benzene rings is 1. The Morgan fingerprint density at radius 3 is 2.84 bits per heavy atom. The van der Waals surface area contributed by atoms with Crippen molar-refractivity contribution in [3.05, 3.63) is 35.4 Å². The summed E-state index contributed by atoms with van der Waals surface area (Å²) >= 11 is 0. The first-order valence-electron chi connectivity index (χ1n) is 7.01. The molecule has 0 saturated carbocycles. The summed E-state index contributed by atoms with van der Waals surface area (Å²) in [6, 6.07) is 4.72. The molecule has 2 nitrogen and oxygen atoms in total. The molecule has 1 fully saturated rings. The lowest BCUT2D eigenvalue weighted by molar-refractivity contribution is 0.175. The average Bonchev–Trinajstić information content (AvgIpc) is 2.40. The minimum absolute atomic E-state index is 0.591. The van der Waals surface area contributed by atoms with Crippen molar-refractivity contribution < 1.29 is 8.78 Å². The smallest absolute Gasteiger partial charge is 0.159 e. The molecule has 0 aromatic heterocycles. The molecular weight excluding hydrogens is 246 g/mol. The van der Waals surface area contributed by atoms with E-state index in [1.54, 1.807) is 6.07 Å². The van der Waals surface area contributed by atoms with Crippen molar-refractivity contribution >= 4 is 0 Å². The Kier molecular flexibility index (Phi) is 5.28. The zero-order valence-corrected chi connectivity index (χ0v) is 11.5. The third-order valence-electron chi connectivity index (χ3n) is 3.89. The van der Waals surface area contributed by atoms with Gasteiger partial charge in [0.2, 0.25) is 0 Å². The first-order valence-corrected chi connectivity index (χ1v) is 7.01. The Labute approximate surface area is 113 Å². The third kappa shape index (κ3) is 4.25. The van der Waals surface area contributed by atoms with E-state index in [0.29, 0.717) is 12.6 Å². The molecule has 1 aromatic carbocycles. The van der Waals surface area contributed by atoms with Gasteiger partial charge in [0.25, 0.3) is 0 Å². The molecule has 1 aromatic rings. The van der Waals surface area contributed by atoms with E-state index in [1.165, 1.54) is 37.9 Å². The van der Waals surface area contributed by atoms with Gasteiger partial charge >= 0.3 is 0 Å². The maximum absolute atomic E-state index is 13.0. The van der Waals surface area contributed by atoms with Crippen LogP contribution in [0.25, 0.3) is 0 Å². The molecular formula is C15H22F2N2. The standard InChI is InChI=1S/C15H22F2N2/c1-19-9-3-2-4-13(19)7-8-18-11-12-5-6-14(16)15(17)10-12/h5-6,10,13,18H,2-4,7-9,11H2,1H3. The molecule has 0 aliphatic carbocycles. The van der Waals surface area contributed by atoms with Crippen LogP contribution in [0.15, 0.2) is 18.2 Å². The van der Waals surface area contributed by atoms with Gasteiger partial charge in [0.1, 0.15) is 0 Å². The summed E-state index contributed by atoms with van der Waals surface area (Å²) in [4.78, 5) is 2.42. The van der Waals surface area contributed by atoms with Gasteiger partial charge < -0.3 is 10.2 Å². The zero-order valence-electron chi connectivity index (χ0n) is 11.5. The van der Waals surface area contributed by atoms with E-state index in [9.17, 15) is 8.78 Å². The zero-order chi connectivity index (χ0) is 13.7. The normalized spacial score (nSPS) is 20.7. The van der Waals surface area contributed by atoms with Gasteiger partial charge in [-0.25, -0.2) is 8.78 Å². The molecule has 2 rings (SSSR count). The largest absolute Gasteiger partial charge is 0.313 e. The SMILES string of the molecule is CN1CCCCC1CCNCc1ccc(F)c(F)c1. The van der Waals surface area contributed by atoms with Crippen LogP contribution in [0, 0.1) is 11.6 Å². The van der Waals surface area contributed by atoms with Gasteiger partial charge in [-0.2, -0.15) is 0 Å². The monoisotopic (exact) mass is 268 g/mol. The van der Waals surface area contributed by atoms with Crippen molar-refractivity contribution in [2.75, 3.05) is 20.1 Å². The van der Waals surface area contributed by atoms with Crippen molar-refractivity contribution in [1.82, 2.24) is 10.2 Å². The molecule has 0 bridgehead atoms. The number of hydrogen-bond donors (Lipinski definition) is 1. The Bertz CT molecular complexity index is 409.